The molecule has 2 N–H and O–H groups in total. The quantitative estimate of drug-likeness (QED) is 0.347. The molecule has 0 aliphatic rings. The van der Waals surface area contributed by atoms with E-state index in [0.29, 0.717) is 29.6 Å². The topological polar surface area (TPSA) is 88.9 Å². The third-order valence-corrected chi connectivity index (χ3v) is 5.70. The van der Waals surface area contributed by atoms with Crippen LogP contribution in [-0.4, -0.2) is 38.9 Å². The molecular formula is C24H27N5O2S. The smallest absolute Gasteiger partial charge is 0.251 e. The second kappa shape index (κ2) is 11.9. The molecule has 8 heteroatoms. The van der Waals surface area contributed by atoms with Crippen molar-refractivity contribution in [1.29, 1.82) is 0 Å². The summed E-state index contributed by atoms with van der Waals surface area (Å²) in [5, 5.41) is 14.8. The molecule has 0 fully saturated rings. The number of nitrogens with one attached hydrogen (secondary N) is 2. The predicted octanol–water partition coefficient (Wildman–Crippen LogP) is 3.15. The summed E-state index contributed by atoms with van der Waals surface area (Å²) < 4.78 is 1.85. The number of rotatable bonds is 11. The molecule has 3 rings (SSSR count). The van der Waals surface area contributed by atoms with Gasteiger partial charge in [0.1, 0.15) is 0 Å². The van der Waals surface area contributed by atoms with Gasteiger partial charge in [-0.25, -0.2) is 0 Å². The second-order valence-corrected chi connectivity index (χ2v) is 8.16. The van der Waals surface area contributed by atoms with E-state index in [1.165, 1.54) is 17.3 Å². The van der Waals surface area contributed by atoms with Crippen molar-refractivity contribution in [2.75, 3.05) is 12.3 Å². The lowest BCUT2D eigenvalue weighted by atomic mass is 10.1. The number of hydrogen-bond acceptors (Lipinski definition) is 5. The van der Waals surface area contributed by atoms with Crippen LogP contribution in [0.15, 0.2) is 72.4 Å². The largest absolute Gasteiger partial charge is 0.355 e. The number of aromatic nitrogens is 3. The van der Waals surface area contributed by atoms with Crippen LogP contribution in [0.25, 0.3) is 0 Å². The number of allylic oxidation sites excluding steroid dienone is 1. The average molecular weight is 450 g/mol. The lowest BCUT2D eigenvalue weighted by Crippen LogP contribution is -2.27. The molecule has 1 heterocycles. The summed E-state index contributed by atoms with van der Waals surface area (Å²) in [6.07, 6.45) is 2.52. The highest BCUT2D eigenvalue weighted by Crippen LogP contribution is 2.17. The summed E-state index contributed by atoms with van der Waals surface area (Å²) in [6.45, 7) is 7.06. The van der Waals surface area contributed by atoms with Gasteiger partial charge in [0.2, 0.25) is 5.91 Å². The predicted molar refractivity (Wildman–Crippen MR) is 126 cm³/mol. The molecule has 1 aromatic heterocycles. The van der Waals surface area contributed by atoms with Crippen molar-refractivity contribution in [3.05, 3.63) is 89.8 Å². The van der Waals surface area contributed by atoms with E-state index in [9.17, 15) is 9.59 Å². The Morgan fingerprint density at radius 1 is 1.06 bits per heavy atom. The highest BCUT2D eigenvalue weighted by atomic mass is 32.2. The SMILES string of the molecule is C=CCn1c(CNC(=O)c2ccc(C)cc2)nnc1SCC(=O)NCCc1ccccc1. The summed E-state index contributed by atoms with van der Waals surface area (Å²) in [5.41, 5.74) is 2.87. The zero-order valence-corrected chi connectivity index (χ0v) is 18.9. The van der Waals surface area contributed by atoms with Gasteiger partial charge in [0.25, 0.3) is 5.91 Å². The monoisotopic (exact) mass is 449 g/mol. The van der Waals surface area contributed by atoms with E-state index in [0.717, 1.165) is 12.0 Å². The Hall–Kier alpha value is -3.39. The summed E-state index contributed by atoms with van der Waals surface area (Å²) >= 11 is 1.31. The minimum Gasteiger partial charge on any atom is -0.355 e. The van der Waals surface area contributed by atoms with Crippen LogP contribution < -0.4 is 10.6 Å². The van der Waals surface area contributed by atoms with Crippen LogP contribution in [0.3, 0.4) is 0 Å². The molecule has 166 valence electrons. The second-order valence-electron chi connectivity index (χ2n) is 7.22. The molecule has 0 aliphatic heterocycles. The van der Waals surface area contributed by atoms with Crippen LogP contribution in [0.1, 0.15) is 27.3 Å². The summed E-state index contributed by atoms with van der Waals surface area (Å²) in [5.74, 6) is 0.607. The molecule has 0 bridgehead atoms. The first-order valence-corrected chi connectivity index (χ1v) is 11.4. The molecule has 0 saturated heterocycles. The van der Waals surface area contributed by atoms with Crippen LogP contribution in [0, 0.1) is 6.92 Å². The number of thioether (sulfide) groups is 1. The maximum Gasteiger partial charge on any atom is 0.251 e. The van der Waals surface area contributed by atoms with Gasteiger partial charge in [-0.15, -0.1) is 16.8 Å². The average Bonchev–Trinajstić information content (AvgIpc) is 3.19. The molecule has 7 nitrogen and oxygen atoms in total. The number of hydrogen-bond donors (Lipinski definition) is 2. The van der Waals surface area contributed by atoms with E-state index in [-0.39, 0.29) is 24.1 Å². The lowest BCUT2D eigenvalue weighted by molar-refractivity contribution is -0.118. The van der Waals surface area contributed by atoms with Gasteiger partial charge in [-0.3, -0.25) is 9.59 Å². The van der Waals surface area contributed by atoms with E-state index in [2.05, 4.69) is 27.4 Å². The summed E-state index contributed by atoms with van der Waals surface area (Å²) in [4.78, 5) is 24.6. The minimum absolute atomic E-state index is 0.0618. The third kappa shape index (κ3) is 6.81. The molecule has 0 spiro atoms. The van der Waals surface area contributed by atoms with Crippen molar-refractivity contribution in [2.24, 2.45) is 0 Å². The number of amides is 2. The molecule has 0 saturated carbocycles. The van der Waals surface area contributed by atoms with Crippen LogP contribution in [0.5, 0.6) is 0 Å². The molecule has 0 unspecified atom stereocenters. The van der Waals surface area contributed by atoms with E-state index in [1.807, 2.05) is 54.0 Å². The maximum atomic E-state index is 12.4. The number of benzene rings is 2. The van der Waals surface area contributed by atoms with Gasteiger partial charge in [0, 0.05) is 18.7 Å². The first-order chi connectivity index (χ1) is 15.6. The van der Waals surface area contributed by atoms with Gasteiger partial charge in [0.15, 0.2) is 11.0 Å². The van der Waals surface area contributed by atoms with Gasteiger partial charge in [-0.2, -0.15) is 0 Å². The van der Waals surface area contributed by atoms with Crippen molar-refractivity contribution in [2.45, 2.75) is 31.6 Å². The molecule has 2 amide bonds. The highest BCUT2D eigenvalue weighted by molar-refractivity contribution is 7.99. The first kappa shape index (κ1) is 23.3. The maximum absolute atomic E-state index is 12.4. The first-order valence-electron chi connectivity index (χ1n) is 10.4. The van der Waals surface area contributed by atoms with E-state index in [4.69, 9.17) is 0 Å². The summed E-state index contributed by atoms with van der Waals surface area (Å²) in [7, 11) is 0. The van der Waals surface area contributed by atoms with Crippen molar-refractivity contribution >= 4 is 23.6 Å². The van der Waals surface area contributed by atoms with E-state index < -0.39 is 0 Å². The Kier molecular flexibility index (Phi) is 8.62. The minimum atomic E-state index is -0.176. The standard InChI is InChI=1S/C24H27N5O2S/c1-3-15-29-21(16-26-23(31)20-11-9-18(2)10-12-20)27-28-24(29)32-17-22(30)25-14-13-19-7-5-4-6-8-19/h3-12H,1,13-17H2,2H3,(H,25,30)(H,26,31). The van der Waals surface area contributed by atoms with Crippen molar-refractivity contribution in [3.8, 4) is 0 Å². The van der Waals surface area contributed by atoms with Gasteiger partial charge in [-0.1, -0.05) is 65.9 Å². The molecular weight excluding hydrogens is 422 g/mol. The fourth-order valence-electron chi connectivity index (χ4n) is 3.01. The summed E-state index contributed by atoms with van der Waals surface area (Å²) in [6, 6.07) is 17.4. The molecule has 32 heavy (non-hydrogen) atoms. The van der Waals surface area contributed by atoms with Crippen LogP contribution in [-0.2, 0) is 24.3 Å². The lowest BCUT2D eigenvalue weighted by Gasteiger charge is -2.09. The zero-order valence-electron chi connectivity index (χ0n) is 18.1. The fraction of sp³-hybridized carbons (Fsp3) is 0.250. The zero-order chi connectivity index (χ0) is 22.8. The molecule has 2 aromatic carbocycles. The van der Waals surface area contributed by atoms with Crippen LogP contribution in [0.4, 0.5) is 0 Å². The number of carbonyl (C=O) groups is 2. The van der Waals surface area contributed by atoms with Gasteiger partial charge in [0.05, 0.1) is 12.3 Å². The Bertz CT molecular complexity index is 1050. The molecule has 0 atom stereocenters. The van der Waals surface area contributed by atoms with Gasteiger partial charge >= 0.3 is 0 Å². The Balaban J connectivity index is 1.51. The Morgan fingerprint density at radius 3 is 2.53 bits per heavy atom. The van der Waals surface area contributed by atoms with E-state index >= 15 is 0 Å². The Labute approximate surface area is 192 Å². The van der Waals surface area contributed by atoms with Crippen LogP contribution in [0.2, 0.25) is 0 Å². The van der Waals surface area contributed by atoms with Gasteiger partial charge in [-0.05, 0) is 31.0 Å². The van der Waals surface area contributed by atoms with Crippen molar-refractivity contribution in [3.63, 3.8) is 0 Å². The molecule has 0 radical (unpaired) electrons. The number of aryl methyl sites for hydroxylation is 1. The van der Waals surface area contributed by atoms with Gasteiger partial charge < -0.3 is 15.2 Å². The normalized spacial score (nSPS) is 10.5. The van der Waals surface area contributed by atoms with Crippen LogP contribution >= 0.6 is 11.8 Å². The van der Waals surface area contributed by atoms with E-state index in [1.54, 1.807) is 18.2 Å². The number of nitrogens with zero attached hydrogens (tertiary/aromatic N) is 3. The third-order valence-electron chi connectivity index (χ3n) is 4.74. The molecule has 3 aromatic rings. The number of carbonyl (C=O) groups excluding carboxylic acids is 2. The van der Waals surface area contributed by atoms with Crippen molar-refractivity contribution < 1.29 is 9.59 Å². The van der Waals surface area contributed by atoms with Crippen molar-refractivity contribution in [1.82, 2.24) is 25.4 Å². The molecule has 0 aliphatic carbocycles. The Morgan fingerprint density at radius 2 is 1.81 bits per heavy atom. The highest BCUT2D eigenvalue weighted by Gasteiger charge is 2.15. The fourth-order valence-corrected chi connectivity index (χ4v) is 3.80.